The minimum absolute atomic E-state index is 0.0684. The summed E-state index contributed by atoms with van der Waals surface area (Å²) >= 11 is 0. The molecule has 49 heavy (non-hydrogen) atoms. The van der Waals surface area contributed by atoms with E-state index < -0.39 is 0 Å². The summed E-state index contributed by atoms with van der Waals surface area (Å²) in [4.78, 5) is 52.0. The molecule has 8 aliphatic rings. The minimum Gasteiger partial charge on any atom is -0.300 e. The summed E-state index contributed by atoms with van der Waals surface area (Å²) in [5.41, 5.74) is 3.30. The lowest BCUT2D eigenvalue weighted by molar-refractivity contribution is -0.128. The van der Waals surface area contributed by atoms with Gasteiger partial charge in [-0.25, -0.2) is 0 Å². The zero-order valence-electron chi connectivity index (χ0n) is 30.9. The highest BCUT2D eigenvalue weighted by Gasteiger charge is 2.59. The largest absolute Gasteiger partial charge is 0.300 e. The van der Waals surface area contributed by atoms with Gasteiger partial charge in [0.15, 0.2) is 5.78 Å². The molecule has 0 radical (unpaired) electrons. The molecule has 0 bridgehead atoms. The van der Waals surface area contributed by atoms with Gasteiger partial charge in [0.05, 0.1) is 0 Å². The second-order valence-corrected chi connectivity index (χ2v) is 19.1. The van der Waals surface area contributed by atoms with Crippen molar-refractivity contribution in [3.63, 3.8) is 0 Å². The summed E-state index contributed by atoms with van der Waals surface area (Å²) in [5, 5.41) is 0. The van der Waals surface area contributed by atoms with E-state index in [1.165, 1.54) is 32.1 Å². The van der Waals surface area contributed by atoms with E-state index in [2.05, 4.69) is 26.0 Å². The Hall–Kier alpha value is -2.10. The van der Waals surface area contributed by atoms with E-state index in [9.17, 15) is 19.2 Å². The summed E-state index contributed by atoms with van der Waals surface area (Å²) in [6.45, 7) is 8.39. The number of rotatable bonds is 7. The van der Waals surface area contributed by atoms with E-state index in [0.717, 1.165) is 82.5 Å². The maximum Gasteiger partial charge on any atom is 0.159 e. The Bertz CT molecular complexity index is 1480. The molecule has 266 valence electrons. The molecule has 0 N–H and O–H groups in total. The Morgan fingerprint density at radius 1 is 0.633 bits per heavy atom. The Balaban J connectivity index is 0.882. The van der Waals surface area contributed by atoms with E-state index >= 15 is 0 Å². The van der Waals surface area contributed by atoms with Crippen LogP contribution in [0.2, 0.25) is 0 Å². The highest BCUT2D eigenvalue weighted by molar-refractivity contribution is 5.93. The van der Waals surface area contributed by atoms with Crippen molar-refractivity contribution >= 4 is 23.1 Å². The molecule has 0 aromatic rings. The molecule has 8 rings (SSSR count). The predicted molar refractivity (Wildman–Crippen MR) is 193 cm³/mol. The van der Waals surface area contributed by atoms with Gasteiger partial charge in [-0.05, 0) is 181 Å². The van der Waals surface area contributed by atoms with Gasteiger partial charge in [0.2, 0.25) is 0 Å². The average molecular weight is 667 g/mol. The monoisotopic (exact) mass is 666 g/mol. The lowest BCUT2D eigenvalue weighted by Crippen LogP contribution is -2.47. The molecular formula is C45H62O4. The first-order chi connectivity index (χ1) is 23.5. The van der Waals surface area contributed by atoms with Gasteiger partial charge in [-0.3, -0.25) is 19.2 Å². The molecule has 14 unspecified atom stereocenters. The third-order valence-electron chi connectivity index (χ3n) is 17.4. The highest BCUT2D eigenvalue weighted by Crippen LogP contribution is 2.65. The van der Waals surface area contributed by atoms with Crippen molar-refractivity contribution in [2.24, 2.45) is 81.8 Å². The summed E-state index contributed by atoms with van der Waals surface area (Å²) in [6, 6.07) is 0. The maximum absolute atomic E-state index is 13.9. The number of carbonyl (C=O) groups is 4. The van der Waals surface area contributed by atoms with Crippen molar-refractivity contribution < 1.29 is 19.2 Å². The number of hydrogen-bond acceptors (Lipinski definition) is 4. The van der Waals surface area contributed by atoms with E-state index in [4.69, 9.17) is 0 Å². The minimum atomic E-state index is 0.0684. The van der Waals surface area contributed by atoms with Crippen LogP contribution >= 0.6 is 0 Å². The number of fused-ring (bicyclic) bond motifs is 10. The van der Waals surface area contributed by atoms with Gasteiger partial charge in [-0.1, -0.05) is 43.2 Å². The van der Waals surface area contributed by atoms with Gasteiger partial charge in [-0.15, -0.1) is 0 Å². The van der Waals surface area contributed by atoms with E-state index in [0.29, 0.717) is 59.3 Å². The van der Waals surface area contributed by atoms with Gasteiger partial charge in [0.25, 0.3) is 0 Å². The smallest absolute Gasteiger partial charge is 0.159 e. The zero-order valence-corrected chi connectivity index (χ0v) is 30.9. The molecule has 0 aromatic carbocycles. The van der Waals surface area contributed by atoms with Crippen LogP contribution < -0.4 is 0 Å². The Morgan fingerprint density at radius 2 is 1.12 bits per heavy atom. The summed E-state index contributed by atoms with van der Waals surface area (Å²) in [6.07, 6.45) is 26.9. The first kappa shape index (κ1) is 34.0. The summed E-state index contributed by atoms with van der Waals surface area (Å²) in [7, 11) is 0. The molecular weight excluding hydrogens is 604 g/mol. The van der Waals surface area contributed by atoms with Gasteiger partial charge >= 0.3 is 0 Å². The van der Waals surface area contributed by atoms with Crippen molar-refractivity contribution in [2.75, 3.05) is 0 Å². The fourth-order valence-electron chi connectivity index (χ4n) is 14.8. The van der Waals surface area contributed by atoms with Gasteiger partial charge in [-0.2, -0.15) is 0 Å². The molecule has 4 heteroatoms. The average Bonchev–Trinajstić information content (AvgIpc) is 3.64. The SMILES string of the molecule is CC(=O)C1CCC2C(=CCC3C2CCC2(C)C(C(=O)/C=C\CC(=O)C4CCC5C6CC=C7CC(C(C)=O)CCC7C6CCC45C)CCC32)C1. The summed E-state index contributed by atoms with van der Waals surface area (Å²) in [5.74, 6) is 7.40. The predicted octanol–water partition coefficient (Wildman–Crippen LogP) is 9.86. The molecule has 0 saturated heterocycles. The van der Waals surface area contributed by atoms with Gasteiger partial charge < -0.3 is 0 Å². The third-order valence-corrected chi connectivity index (χ3v) is 17.4. The zero-order chi connectivity index (χ0) is 34.2. The van der Waals surface area contributed by atoms with Crippen molar-refractivity contribution in [2.45, 2.75) is 137 Å². The molecule has 14 atom stereocenters. The highest BCUT2D eigenvalue weighted by atomic mass is 16.1. The van der Waals surface area contributed by atoms with Crippen molar-refractivity contribution in [1.29, 1.82) is 0 Å². The second-order valence-electron chi connectivity index (χ2n) is 19.1. The fraction of sp³-hybridized carbons (Fsp3) is 0.778. The van der Waals surface area contributed by atoms with Crippen LogP contribution in [0.1, 0.15) is 137 Å². The van der Waals surface area contributed by atoms with Crippen LogP contribution in [-0.4, -0.2) is 23.1 Å². The topological polar surface area (TPSA) is 68.3 Å². The van der Waals surface area contributed by atoms with Crippen molar-refractivity contribution in [3.05, 3.63) is 35.5 Å². The normalized spacial score (nSPS) is 47.0. The number of hydrogen-bond donors (Lipinski definition) is 0. The quantitative estimate of drug-likeness (QED) is 0.200. The van der Waals surface area contributed by atoms with E-state index in [1.54, 1.807) is 25.0 Å². The standard InChI is InChI=1S/C45H62O4/c1-26(46)28-8-12-32-30(24-28)10-14-36-34(32)20-22-44(3)38(36)16-18-40(44)42(48)6-5-7-43(49)41-19-17-39-37-15-11-31-25-29(27(2)47)9-13-33(31)35(37)21-23-45(39,41)4/h5-6,10-11,28-29,32-41H,7-9,12-25H2,1-4H3/b6-5-. The van der Waals surface area contributed by atoms with Crippen molar-refractivity contribution in [3.8, 4) is 0 Å². The molecule has 0 amide bonds. The van der Waals surface area contributed by atoms with Crippen LogP contribution in [-0.2, 0) is 19.2 Å². The number of carbonyl (C=O) groups excluding carboxylic acids is 4. The fourth-order valence-corrected chi connectivity index (χ4v) is 14.8. The molecule has 6 saturated carbocycles. The molecule has 0 spiro atoms. The second kappa shape index (κ2) is 12.8. The molecule has 0 heterocycles. The lowest BCUT2D eigenvalue weighted by atomic mass is 9.51. The van der Waals surface area contributed by atoms with Crippen LogP contribution in [0.3, 0.4) is 0 Å². The molecule has 0 aromatic heterocycles. The van der Waals surface area contributed by atoms with Crippen LogP contribution in [0.15, 0.2) is 35.5 Å². The van der Waals surface area contributed by atoms with E-state index in [1.807, 2.05) is 12.2 Å². The number of ketones is 4. The lowest BCUT2D eigenvalue weighted by Gasteiger charge is -2.53. The molecule has 4 nitrogen and oxygen atoms in total. The summed E-state index contributed by atoms with van der Waals surface area (Å²) < 4.78 is 0. The van der Waals surface area contributed by atoms with Crippen molar-refractivity contribution in [1.82, 2.24) is 0 Å². The van der Waals surface area contributed by atoms with Crippen LogP contribution in [0.5, 0.6) is 0 Å². The van der Waals surface area contributed by atoms with E-state index in [-0.39, 0.29) is 40.3 Å². The molecule has 8 aliphatic carbocycles. The van der Waals surface area contributed by atoms with Gasteiger partial charge in [0, 0.05) is 30.1 Å². The van der Waals surface area contributed by atoms with Crippen LogP contribution in [0.4, 0.5) is 0 Å². The third kappa shape index (κ3) is 5.58. The van der Waals surface area contributed by atoms with Crippen LogP contribution in [0, 0.1) is 81.8 Å². The van der Waals surface area contributed by atoms with Gasteiger partial charge in [0.1, 0.15) is 17.3 Å². The number of allylic oxidation sites excluding steroid dienone is 6. The Morgan fingerprint density at radius 3 is 1.63 bits per heavy atom. The number of Topliss-reactive ketones (excluding diaryl/α,β-unsaturated/α-hetero) is 3. The first-order valence-corrected chi connectivity index (χ1v) is 20.6. The Labute approximate surface area is 295 Å². The maximum atomic E-state index is 13.9. The first-order valence-electron chi connectivity index (χ1n) is 20.6. The molecule has 0 aliphatic heterocycles. The van der Waals surface area contributed by atoms with Crippen LogP contribution in [0.25, 0.3) is 0 Å². The Kier molecular flexibility index (Phi) is 8.91. The molecule has 6 fully saturated rings.